The molecule has 1 aromatic rings. The Morgan fingerprint density at radius 3 is 2.57 bits per heavy atom. The first-order chi connectivity index (χ1) is 14.1. The number of halogens is 1. The number of guanidine groups is 1. The summed E-state index contributed by atoms with van der Waals surface area (Å²) in [4.78, 5) is 20.9. The first-order valence-electron chi connectivity index (χ1n) is 10.7. The van der Waals surface area contributed by atoms with Gasteiger partial charge in [0.2, 0.25) is 5.91 Å². The number of likely N-dealkylation sites (N-methyl/N-ethyl adjacent to an activating group) is 1. The van der Waals surface area contributed by atoms with Gasteiger partial charge in [-0.05, 0) is 18.9 Å². The van der Waals surface area contributed by atoms with Crippen LogP contribution in [-0.2, 0) is 9.53 Å². The van der Waals surface area contributed by atoms with Crippen molar-refractivity contribution < 1.29 is 14.3 Å². The summed E-state index contributed by atoms with van der Waals surface area (Å²) in [7, 11) is 3.55. The number of amides is 1. The van der Waals surface area contributed by atoms with Crippen LogP contribution in [0.15, 0.2) is 29.3 Å². The fraction of sp³-hybridized carbons (Fsp3) is 0.636. The Labute approximate surface area is 195 Å². The zero-order chi connectivity index (χ0) is 20.0. The molecule has 0 saturated carbocycles. The molecule has 4 aliphatic heterocycles. The van der Waals surface area contributed by atoms with Gasteiger partial charge in [-0.1, -0.05) is 18.2 Å². The second-order valence-electron chi connectivity index (χ2n) is 8.82. The van der Waals surface area contributed by atoms with E-state index in [1.54, 1.807) is 19.0 Å². The van der Waals surface area contributed by atoms with E-state index in [1.165, 1.54) is 12.8 Å². The van der Waals surface area contributed by atoms with Gasteiger partial charge >= 0.3 is 0 Å². The number of para-hydroxylation sites is 1. The molecular weight excluding hydrogens is 495 g/mol. The van der Waals surface area contributed by atoms with Crippen LogP contribution in [0.25, 0.3) is 0 Å². The highest BCUT2D eigenvalue weighted by Gasteiger charge is 2.53. The molecule has 0 radical (unpaired) electrons. The van der Waals surface area contributed by atoms with Crippen molar-refractivity contribution in [3.8, 4) is 5.75 Å². The van der Waals surface area contributed by atoms with Crippen LogP contribution in [0, 0.1) is 11.8 Å². The lowest BCUT2D eigenvalue weighted by Crippen LogP contribution is -2.44. The summed E-state index contributed by atoms with van der Waals surface area (Å²) in [5.74, 6) is 2.97. The predicted octanol–water partition coefficient (Wildman–Crippen LogP) is 2.27. The number of ether oxygens (including phenoxy) is 2. The molecule has 1 N–H and O–H groups in total. The van der Waals surface area contributed by atoms with Crippen LogP contribution < -0.4 is 10.1 Å². The summed E-state index contributed by atoms with van der Waals surface area (Å²) >= 11 is 0. The maximum atomic E-state index is 12.2. The van der Waals surface area contributed by atoms with Crippen molar-refractivity contribution in [2.75, 3.05) is 40.3 Å². The number of nitrogens with zero attached hydrogens (tertiary/aromatic N) is 3. The zero-order valence-electron chi connectivity index (χ0n) is 17.6. The van der Waals surface area contributed by atoms with Crippen molar-refractivity contribution in [2.45, 2.75) is 37.5 Å². The molecule has 2 bridgehead atoms. The average molecular weight is 526 g/mol. The van der Waals surface area contributed by atoms with Crippen LogP contribution in [0.3, 0.4) is 0 Å². The molecule has 8 heteroatoms. The van der Waals surface area contributed by atoms with Gasteiger partial charge in [0.05, 0.1) is 24.9 Å². The van der Waals surface area contributed by atoms with E-state index in [2.05, 4.69) is 16.3 Å². The van der Waals surface area contributed by atoms with Crippen LogP contribution in [-0.4, -0.2) is 74.2 Å². The van der Waals surface area contributed by atoms with Crippen molar-refractivity contribution in [3.05, 3.63) is 29.8 Å². The number of hydrogen-bond acceptors (Lipinski definition) is 4. The van der Waals surface area contributed by atoms with Crippen LogP contribution in [0.4, 0.5) is 0 Å². The summed E-state index contributed by atoms with van der Waals surface area (Å²) in [6.07, 6.45) is 4.07. The summed E-state index contributed by atoms with van der Waals surface area (Å²) in [6.45, 7) is 2.76. The minimum atomic E-state index is 0. The van der Waals surface area contributed by atoms with Gasteiger partial charge in [0.15, 0.2) is 5.96 Å². The first kappa shape index (κ1) is 21.7. The van der Waals surface area contributed by atoms with Gasteiger partial charge in [-0.3, -0.25) is 4.79 Å². The molecular formula is C22H31IN4O3. The van der Waals surface area contributed by atoms with Gasteiger partial charge in [0.1, 0.15) is 12.3 Å². The Kier molecular flexibility index (Phi) is 6.43. The predicted molar refractivity (Wildman–Crippen MR) is 125 cm³/mol. The maximum Gasteiger partial charge on any atom is 0.243 e. The monoisotopic (exact) mass is 526 g/mol. The number of hydrogen-bond donors (Lipinski definition) is 1. The van der Waals surface area contributed by atoms with Gasteiger partial charge in [-0.15, -0.1) is 24.0 Å². The van der Waals surface area contributed by atoms with Crippen molar-refractivity contribution >= 4 is 35.8 Å². The molecule has 164 valence electrons. The van der Waals surface area contributed by atoms with Gasteiger partial charge in [0.25, 0.3) is 0 Å². The molecule has 4 aliphatic rings. The van der Waals surface area contributed by atoms with Crippen molar-refractivity contribution in [2.24, 2.45) is 16.8 Å². The van der Waals surface area contributed by atoms with E-state index in [0.717, 1.165) is 36.8 Å². The third-order valence-electron chi connectivity index (χ3n) is 6.88. The van der Waals surface area contributed by atoms with Crippen LogP contribution in [0.2, 0.25) is 0 Å². The quantitative estimate of drug-likeness (QED) is 0.372. The highest BCUT2D eigenvalue weighted by molar-refractivity contribution is 14.0. The molecule has 0 spiro atoms. The number of fused-ring (bicyclic) bond motifs is 6. The van der Waals surface area contributed by atoms with Crippen LogP contribution in [0.5, 0.6) is 5.75 Å². The highest BCUT2D eigenvalue weighted by Crippen LogP contribution is 2.47. The fourth-order valence-corrected chi connectivity index (χ4v) is 5.30. The molecule has 30 heavy (non-hydrogen) atoms. The number of carbonyl (C=O) groups excluding carboxylic acids is 1. The third-order valence-corrected chi connectivity index (χ3v) is 6.88. The largest absolute Gasteiger partial charge is 0.493 e. The molecule has 3 fully saturated rings. The molecule has 0 aliphatic carbocycles. The number of benzene rings is 1. The number of carbonyl (C=O) groups is 1. The standard InChI is InChI=1S/C22H30N4O3.HI/c1-25(2)21(27)11-23-22(24-17-9-10-28-18-6-4-3-5-14(17)18)26-12-15-16(13-26)20-8-7-19(15)29-20;/h3-6,15-17,19-20H,7-13H2,1-2H3,(H,23,24);1H. The Morgan fingerprint density at radius 2 is 1.87 bits per heavy atom. The number of likely N-dealkylation sites (tertiary alicyclic amines) is 1. The minimum Gasteiger partial charge on any atom is -0.493 e. The Hall–Kier alpha value is -1.55. The van der Waals surface area contributed by atoms with Crippen molar-refractivity contribution in [1.29, 1.82) is 0 Å². The summed E-state index contributed by atoms with van der Waals surface area (Å²) in [5.41, 5.74) is 1.16. The van der Waals surface area contributed by atoms with Gasteiger partial charge in [-0.2, -0.15) is 0 Å². The van der Waals surface area contributed by atoms with E-state index < -0.39 is 0 Å². The van der Waals surface area contributed by atoms with Crippen LogP contribution >= 0.6 is 24.0 Å². The summed E-state index contributed by atoms with van der Waals surface area (Å²) in [6, 6.07) is 8.32. The molecule has 5 unspecified atom stereocenters. The second kappa shape index (κ2) is 8.90. The normalized spacial score (nSPS) is 31.5. The van der Waals surface area contributed by atoms with E-state index in [-0.39, 0.29) is 42.5 Å². The minimum absolute atomic E-state index is 0. The fourth-order valence-electron chi connectivity index (χ4n) is 5.30. The van der Waals surface area contributed by atoms with Crippen molar-refractivity contribution in [3.63, 3.8) is 0 Å². The van der Waals surface area contributed by atoms with E-state index in [9.17, 15) is 4.79 Å². The molecule has 0 aromatic heterocycles. The third kappa shape index (κ3) is 4.00. The lowest BCUT2D eigenvalue weighted by Gasteiger charge is -2.31. The van der Waals surface area contributed by atoms with E-state index >= 15 is 0 Å². The topological polar surface area (TPSA) is 66.4 Å². The van der Waals surface area contributed by atoms with Crippen LogP contribution in [0.1, 0.15) is 30.9 Å². The maximum absolute atomic E-state index is 12.2. The first-order valence-corrected chi connectivity index (χ1v) is 10.7. The Morgan fingerprint density at radius 1 is 1.17 bits per heavy atom. The van der Waals surface area contributed by atoms with E-state index in [1.807, 2.05) is 18.2 Å². The smallest absolute Gasteiger partial charge is 0.243 e. The number of rotatable bonds is 3. The lowest BCUT2D eigenvalue weighted by molar-refractivity contribution is -0.127. The van der Waals surface area contributed by atoms with Gasteiger partial charge in [0, 0.05) is 51.0 Å². The second-order valence-corrected chi connectivity index (χ2v) is 8.82. The van der Waals surface area contributed by atoms with E-state index in [4.69, 9.17) is 14.5 Å². The number of aliphatic imine (C=N–C) groups is 1. The van der Waals surface area contributed by atoms with Gasteiger partial charge in [-0.25, -0.2) is 4.99 Å². The molecule has 5 atom stereocenters. The highest BCUT2D eigenvalue weighted by atomic mass is 127. The Balaban J connectivity index is 0.00000218. The molecule has 5 rings (SSSR count). The van der Waals surface area contributed by atoms with Crippen molar-refractivity contribution in [1.82, 2.24) is 15.1 Å². The summed E-state index contributed by atoms with van der Waals surface area (Å²) in [5, 5.41) is 3.67. The molecule has 1 amide bonds. The lowest BCUT2D eigenvalue weighted by atomic mass is 9.82. The van der Waals surface area contributed by atoms with Gasteiger partial charge < -0.3 is 24.6 Å². The number of nitrogens with one attached hydrogen (secondary N) is 1. The summed E-state index contributed by atoms with van der Waals surface area (Å²) < 4.78 is 11.9. The SMILES string of the molecule is CN(C)C(=O)CN=C(NC1CCOc2ccccc21)N1CC2C3CCC(O3)C2C1.I. The molecule has 3 saturated heterocycles. The Bertz CT molecular complexity index is 799. The van der Waals surface area contributed by atoms with E-state index in [0.29, 0.717) is 30.7 Å². The molecule has 7 nitrogen and oxygen atoms in total. The molecule has 1 aromatic carbocycles. The average Bonchev–Trinajstić information content (AvgIpc) is 3.44. The zero-order valence-corrected chi connectivity index (χ0v) is 20.0. The molecule has 4 heterocycles.